The molecule has 4 aromatic heterocycles. The number of anilines is 2. The zero-order valence-corrected chi connectivity index (χ0v) is 37.7. The van der Waals surface area contributed by atoms with Gasteiger partial charge in [-0.25, -0.2) is 29.1 Å². The predicted molar refractivity (Wildman–Crippen MR) is 249 cm³/mol. The number of morpholine rings is 2. The van der Waals surface area contributed by atoms with Crippen LogP contribution in [0.4, 0.5) is 21.0 Å². The van der Waals surface area contributed by atoms with Crippen LogP contribution in [0.15, 0.2) is 48.8 Å². The predicted octanol–water partition coefficient (Wildman–Crippen LogP) is 3.04. The summed E-state index contributed by atoms with van der Waals surface area (Å²) in [7, 11) is 0. The molecule has 2 aromatic carbocycles. The van der Waals surface area contributed by atoms with Crippen molar-refractivity contribution in [3.63, 3.8) is 0 Å². The number of H-pyrrole nitrogens is 4. The Kier molecular flexibility index (Phi) is 16.7. The second kappa shape index (κ2) is 23.2. The summed E-state index contributed by atoms with van der Waals surface area (Å²) in [6.45, 7) is 11.2. The minimum atomic E-state index is -1.23. The molecule has 2 atom stereocenters. The average molecular weight is 943 g/mol. The van der Waals surface area contributed by atoms with Crippen LogP contribution in [-0.4, -0.2) is 171 Å². The van der Waals surface area contributed by atoms with Crippen LogP contribution in [0.2, 0.25) is 0 Å². The van der Waals surface area contributed by atoms with E-state index in [2.05, 4.69) is 95.7 Å². The van der Waals surface area contributed by atoms with Gasteiger partial charge in [0, 0.05) is 51.4 Å². The maximum Gasteiger partial charge on any atom is 0.332 e. The molecule has 24 nitrogen and oxygen atoms in total. The van der Waals surface area contributed by atoms with Crippen LogP contribution < -0.4 is 21.3 Å². The Hall–Kier alpha value is -6.96. The number of fused-ring (bicyclic) bond motifs is 2. The third-order valence-corrected chi connectivity index (χ3v) is 10.9. The molecule has 2 saturated heterocycles. The van der Waals surface area contributed by atoms with Crippen LogP contribution in [-0.2, 0) is 32.2 Å². The molecule has 364 valence electrons. The molecule has 0 bridgehead atoms. The van der Waals surface area contributed by atoms with E-state index >= 15 is 0 Å². The topological polar surface area (TPSA) is 337 Å². The maximum absolute atomic E-state index is 12.0. The number of amides is 4. The second-order valence-corrected chi connectivity index (χ2v) is 16.7. The molecule has 24 heteroatoms. The molecule has 2 saturated carbocycles. The Morgan fingerprint density at radius 1 is 0.647 bits per heavy atom. The Labute approximate surface area is 389 Å². The highest BCUT2D eigenvalue weighted by molar-refractivity contribution is 5.94. The molecule has 1 unspecified atom stereocenters. The molecule has 6 heterocycles. The number of aromatic amines is 4. The molecule has 0 spiro atoms. The fourth-order valence-electron chi connectivity index (χ4n) is 6.85. The first-order valence-electron chi connectivity index (χ1n) is 22.4. The summed E-state index contributed by atoms with van der Waals surface area (Å²) in [6.07, 6.45) is 4.90. The number of aliphatic hydroxyl groups is 2. The lowest BCUT2D eigenvalue weighted by atomic mass is 10.2. The number of carboxylic acids is 2. The SMILES string of the molecule is CC(O)C(=O)O.C[C@H](O)C(=O)O.O=C(Nc1cn[nH]c1-c1nc2ccc(CN3CCOCC3)cc2[nH]1)NC1CC1.O=C(Nc1cn[nH]c1-c1nc2ccc(CN3CCOCC3)cc2[nH]1)NC1CC1. The summed E-state index contributed by atoms with van der Waals surface area (Å²) in [5.74, 6) is -1.07. The molecule has 2 aliphatic heterocycles. The van der Waals surface area contributed by atoms with Gasteiger partial charge >= 0.3 is 24.0 Å². The molecule has 4 amide bonds. The highest BCUT2D eigenvalue weighted by atomic mass is 16.5. The van der Waals surface area contributed by atoms with Gasteiger partial charge < -0.3 is 61.1 Å². The molecular formula is C44H58N14O10. The van der Waals surface area contributed by atoms with Crippen LogP contribution in [0.5, 0.6) is 0 Å². The first-order chi connectivity index (χ1) is 32.8. The van der Waals surface area contributed by atoms with Crippen molar-refractivity contribution < 1.29 is 49.1 Å². The third kappa shape index (κ3) is 14.5. The van der Waals surface area contributed by atoms with Crippen molar-refractivity contribution in [1.82, 2.24) is 60.8 Å². The van der Waals surface area contributed by atoms with Crippen LogP contribution in [0.1, 0.15) is 50.7 Å². The van der Waals surface area contributed by atoms with Gasteiger partial charge in [-0.2, -0.15) is 10.2 Å². The van der Waals surface area contributed by atoms with Gasteiger partial charge in [-0.3, -0.25) is 20.0 Å². The molecule has 6 aromatic rings. The summed E-state index contributed by atoms with van der Waals surface area (Å²) < 4.78 is 10.8. The summed E-state index contributed by atoms with van der Waals surface area (Å²) in [5.41, 5.74) is 8.68. The Bertz CT molecular complexity index is 2440. The van der Waals surface area contributed by atoms with Crippen LogP contribution in [0.3, 0.4) is 0 Å². The Morgan fingerprint density at radius 3 is 1.35 bits per heavy atom. The first-order valence-corrected chi connectivity index (χ1v) is 22.4. The maximum atomic E-state index is 12.0. The lowest BCUT2D eigenvalue weighted by Gasteiger charge is -2.26. The van der Waals surface area contributed by atoms with Crippen molar-refractivity contribution >= 4 is 57.4 Å². The molecular weight excluding hydrogens is 885 g/mol. The summed E-state index contributed by atoms with van der Waals surface area (Å²) >= 11 is 0. The number of hydrogen-bond acceptors (Lipinski definition) is 14. The number of benzene rings is 2. The fraction of sp³-hybridized carbons (Fsp3) is 0.455. The number of hydrogen-bond donors (Lipinski definition) is 12. The smallest absolute Gasteiger partial charge is 0.332 e. The number of urea groups is 2. The minimum Gasteiger partial charge on any atom is -0.479 e. The van der Waals surface area contributed by atoms with Crippen molar-refractivity contribution in [2.75, 3.05) is 63.2 Å². The van der Waals surface area contributed by atoms with Gasteiger partial charge in [0.1, 0.15) is 23.6 Å². The standard InChI is InChI=1S/2C19H23N7O2.2C3H6O3/c2*27-19(21-13-2-3-13)24-16-10-20-25-17(16)18-22-14-4-1-12(9-15(14)23-18)11-26-5-7-28-8-6-26;2*1-2(4)3(5)6/h2*1,4,9-10,13H,2-3,5-8,11H2,(H,20,25)(H,22,23)(H2,21,24,27);2*2,4H,1H3,(H,5,6)/t;;2-;/m..0./s1. The molecule has 10 rings (SSSR count). The number of nitrogens with zero attached hydrogens (tertiary/aromatic N) is 6. The van der Waals surface area contributed by atoms with Gasteiger partial charge in [0.2, 0.25) is 0 Å². The van der Waals surface area contributed by atoms with Crippen molar-refractivity contribution in [2.24, 2.45) is 0 Å². The zero-order valence-electron chi connectivity index (χ0n) is 37.7. The van der Waals surface area contributed by atoms with Crippen LogP contribution in [0.25, 0.3) is 45.1 Å². The number of rotatable bonds is 12. The summed E-state index contributed by atoms with van der Waals surface area (Å²) in [5, 5.41) is 57.0. The largest absolute Gasteiger partial charge is 0.479 e. The number of carboxylic acid groups (broad SMARTS) is 2. The molecule has 12 N–H and O–H groups in total. The molecule has 4 aliphatic rings. The van der Waals surface area contributed by atoms with E-state index < -0.39 is 24.1 Å². The van der Waals surface area contributed by atoms with E-state index in [1.54, 1.807) is 12.4 Å². The van der Waals surface area contributed by atoms with Crippen LogP contribution in [0, 0.1) is 0 Å². The number of aliphatic hydroxyl groups excluding tert-OH is 2. The molecule has 4 fully saturated rings. The first kappa shape index (κ1) is 49.0. The van der Waals surface area contributed by atoms with E-state index in [4.69, 9.17) is 29.9 Å². The van der Waals surface area contributed by atoms with Crippen molar-refractivity contribution in [3.8, 4) is 23.0 Å². The normalized spacial score (nSPS) is 17.0. The number of nitrogens with one attached hydrogen (secondary N) is 8. The van der Waals surface area contributed by atoms with Gasteiger partial charge in [-0.15, -0.1) is 0 Å². The van der Waals surface area contributed by atoms with Gasteiger partial charge in [0.05, 0.1) is 72.3 Å². The third-order valence-electron chi connectivity index (χ3n) is 10.9. The van der Waals surface area contributed by atoms with E-state index in [-0.39, 0.29) is 12.1 Å². The average Bonchev–Trinajstić information content (AvgIpc) is 4.05. The lowest BCUT2D eigenvalue weighted by molar-refractivity contribution is -0.146. The highest BCUT2D eigenvalue weighted by Crippen LogP contribution is 2.28. The minimum absolute atomic E-state index is 0.214. The number of aromatic nitrogens is 8. The second-order valence-electron chi connectivity index (χ2n) is 16.7. The number of imidazole rings is 2. The van der Waals surface area contributed by atoms with Gasteiger partial charge in [0.25, 0.3) is 0 Å². The highest BCUT2D eigenvalue weighted by Gasteiger charge is 2.25. The molecule has 68 heavy (non-hydrogen) atoms. The summed E-state index contributed by atoms with van der Waals surface area (Å²) in [6, 6.07) is 12.7. The Balaban J connectivity index is 0.000000163. The van der Waals surface area contributed by atoms with E-state index in [0.717, 1.165) is 113 Å². The van der Waals surface area contributed by atoms with Gasteiger partial charge in [-0.05, 0) is 74.9 Å². The summed E-state index contributed by atoms with van der Waals surface area (Å²) in [4.78, 5) is 63.7. The van der Waals surface area contributed by atoms with Gasteiger partial charge in [-0.1, -0.05) is 12.1 Å². The number of aliphatic carboxylic acids is 2. The van der Waals surface area contributed by atoms with Gasteiger partial charge in [0.15, 0.2) is 11.6 Å². The zero-order chi connectivity index (χ0) is 48.2. The van der Waals surface area contributed by atoms with Crippen molar-refractivity contribution in [1.29, 1.82) is 0 Å². The lowest BCUT2D eigenvalue weighted by Crippen LogP contribution is -2.35. The van der Waals surface area contributed by atoms with Crippen molar-refractivity contribution in [2.45, 2.75) is 76.9 Å². The van der Waals surface area contributed by atoms with E-state index in [1.807, 2.05) is 12.1 Å². The number of carbonyl (C=O) groups is 4. The van der Waals surface area contributed by atoms with E-state index in [0.29, 0.717) is 46.5 Å². The fourth-order valence-corrected chi connectivity index (χ4v) is 6.85. The monoisotopic (exact) mass is 942 g/mol. The number of ether oxygens (including phenoxy) is 2. The molecule has 0 radical (unpaired) electrons. The quantitative estimate of drug-likeness (QED) is 0.0839. The molecule has 2 aliphatic carbocycles. The van der Waals surface area contributed by atoms with E-state index in [1.165, 1.54) is 25.0 Å². The van der Waals surface area contributed by atoms with Crippen molar-refractivity contribution in [3.05, 3.63) is 59.9 Å². The Morgan fingerprint density at radius 2 is 1.01 bits per heavy atom. The number of carbonyl (C=O) groups excluding carboxylic acids is 2. The van der Waals surface area contributed by atoms with Crippen LogP contribution >= 0.6 is 0 Å². The van der Waals surface area contributed by atoms with E-state index in [9.17, 15) is 19.2 Å².